The summed E-state index contributed by atoms with van der Waals surface area (Å²) in [5, 5.41) is 18.8. The monoisotopic (exact) mass is 416 g/mol. The fourth-order valence-corrected chi connectivity index (χ4v) is 3.78. The molecule has 0 atom stereocenters. The van der Waals surface area contributed by atoms with Gasteiger partial charge in [0.2, 0.25) is 0 Å². The Hall–Kier alpha value is -2.51. The molecule has 1 aromatic heterocycles. The topological polar surface area (TPSA) is 64.5 Å². The first kappa shape index (κ1) is 21.2. The van der Waals surface area contributed by atoms with Gasteiger partial charge >= 0.3 is 0 Å². The molecule has 154 valence electrons. The highest BCUT2D eigenvalue weighted by Crippen LogP contribution is 2.35. The number of hydrogen-bond donors (Lipinski definition) is 1. The van der Waals surface area contributed by atoms with Crippen LogP contribution >= 0.6 is 11.3 Å². The predicted octanol–water partition coefficient (Wildman–Crippen LogP) is 5.18. The fraction of sp³-hybridized carbons (Fsp3) is 0.364. The van der Waals surface area contributed by atoms with Crippen molar-refractivity contribution in [2.45, 2.75) is 40.2 Å². The Morgan fingerprint density at radius 1 is 1.03 bits per heavy atom. The standard InChI is InChI=1S/C22H25FN2O3S/c1-13(2)28-19-7-6-16(10-15(19)4)21-24-25-22(29-21)17-12-18(23)20(11-14(17)3)27-9-5-8-26/h6-7,10-13,26H,5,8-9H2,1-4H3. The van der Waals surface area contributed by atoms with E-state index in [-0.39, 0.29) is 25.1 Å². The van der Waals surface area contributed by atoms with Crippen LogP contribution in [-0.2, 0) is 0 Å². The van der Waals surface area contributed by atoms with E-state index in [1.807, 2.05) is 45.9 Å². The maximum atomic E-state index is 14.4. The molecule has 0 bridgehead atoms. The van der Waals surface area contributed by atoms with Gasteiger partial charge in [-0.15, -0.1) is 10.2 Å². The van der Waals surface area contributed by atoms with Crippen molar-refractivity contribution in [1.29, 1.82) is 0 Å². The van der Waals surface area contributed by atoms with E-state index in [0.29, 0.717) is 17.0 Å². The average molecular weight is 417 g/mol. The highest BCUT2D eigenvalue weighted by atomic mass is 32.1. The molecule has 0 saturated heterocycles. The number of aliphatic hydroxyl groups is 1. The van der Waals surface area contributed by atoms with Crippen LogP contribution in [0.2, 0.25) is 0 Å². The van der Waals surface area contributed by atoms with Gasteiger partial charge in [0.05, 0.1) is 12.7 Å². The van der Waals surface area contributed by atoms with Gasteiger partial charge in [-0.2, -0.15) is 0 Å². The van der Waals surface area contributed by atoms with Crippen LogP contribution in [0.3, 0.4) is 0 Å². The smallest absolute Gasteiger partial charge is 0.165 e. The van der Waals surface area contributed by atoms with Gasteiger partial charge < -0.3 is 14.6 Å². The molecule has 0 amide bonds. The van der Waals surface area contributed by atoms with Crippen molar-refractivity contribution in [2.75, 3.05) is 13.2 Å². The van der Waals surface area contributed by atoms with Gasteiger partial charge in [-0.3, -0.25) is 0 Å². The molecule has 0 radical (unpaired) electrons. The number of hydrogen-bond acceptors (Lipinski definition) is 6. The number of aryl methyl sites for hydroxylation is 2. The molecule has 5 nitrogen and oxygen atoms in total. The number of nitrogens with zero attached hydrogens (tertiary/aromatic N) is 2. The minimum absolute atomic E-state index is 0.0102. The summed E-state index contributed by atoms with van der Waals surface area (Å²) in [5.74, 6) is 0.579. The molecule has 3 rings (SSSR count). The van der Waals surface area contributed by atoms with E-state index in [1.54, 1.807) is 6.07 Å². The van der Waals surface area contributed by atoms with Gasteiger partial charge in [-0.25, -0.2) is 4.39 Å². The number of benzene rings is 2. The number of rotatable bonds is 8. The second-order valence-electron chi connectivity index (χ2n) is 7.08. The third-order valence-electron chi connectivity index (χ3n) is 4.28. The second-order valence-corrected chi connectivity index (χ2v) is 8.06. The van der Waals surface area contributed by atoms with Crippen molar-refractivity contribution in [3.63, 3.8) is 0 Å². The van der Waals surface area contributed by atoms with E-state index in [1.165, 1.54) is 17.4 Å². The Kier molecular flexibility index (Phi) is 6.82. The van der Waals surface area contributed by atoms with Crippen LogP contribution in [0.5, 0.6) is 11.5 Å². The molecular formula is C22H25FN2O3S. The van der Waals surface area contributed by atoms with E-state index in [0.717, 1.165) is 27.4 Å². The van der Waals surface area contributed by atoms with Crippen LogP contribution in [-0.4, -0.2) is 34.6 Å². The first-order valence-electron chi connectivity index (χ1n) is 9.54. The maximum absolute atomic E-state index is 14.4. The highest BCUT2D eigenvalue weighted by molar-refractivity contribution is 7.17. The molecule has 0 spiro atoms. The Labute approximate surface area is 174 Å². The molecule has 2 aromatic carbocycles. The zero-order valence-corrected chi connectivity index (χ0v) is 17.8. The zero-order valence-electron chi connectivity index (χ0n) is 17.0. The van der Waals surface area contributed by atoms with E-state index in [9.17, 15) is 4.39 Å². The fourth-order valence-electron chi connectivity index (χ4n) is 2.86. The summed E-state index contributed by atoms with van der Waals surface area (Å²) in [6, 6.07) is 9.01. The lowest BCUT2D eigenvalue weighted by Crippen LogP contribution is -2.06. The van der Waals surface area contributed by atoms with Crippen LogP contribution in [0.25, 0.3) is 21.1 Å². The van der Waals surface area contributed by atoms with E-state index in [2.05, 4.69) is 10.2 Å². The average Bonchev–Trinajstić information content (AvgIpc) is 3.15. The predicted molar refractivity (Wildman–Crippen MR) is 113 cm³/mol. The SMILES string of the molecule is Cc1cc(-c2nnc(-c3cc(F)c(OCCCO)cc3C)s2)ccc1OC(C)C. The highest BCUT2D eigenvalue weighted by Gasteiger charge is 2.15. The first-order valence-corrected chi connectivity index (χ1v) is 10.4. The molecule has 0 fully saturated rings. The Bertz CT molecular complexity index is 988. The van der Waals surface area contributed by atoms with Gasteiger partial charge in [-0.1, -0.05) is 11.3 Å². The summed E-state index contributed by atoms with van der Waals surface area (Å²) in [4.78, 5) is 0. The van der Waals surface area contributed by atoms with Gasteiger partial charge in [0, 0.05) is 24.2 Å². The van der Waals surface area contributed by atoms with Crippen LogP contribution in [0.4, 0.5) is 4.39 Å². The van der Waals surface area contributed by atoms with Crippen molar-refractivity contribution in [1.82, 2.24) is 10.2 Å². The first-order chi connectivity index (χ1) is 13.9. The molecule has 0 saturated carbocycles. The zero-order chi connectivity index (χ0) is 21.0. The number of aliphatic hydroxyl groups excluding tert-OH is 1. The third-order valence-corrected chi connectivity index (χ3v) is 5.28. The van der Waals surface area contributed by atoms with E-state index < -0.39 is 5.82 Å². The van der Waals surface area contributed by atoms with Crippen molar-refractivity contribution < 1.29 is 19.0 Å². The number of ether oxygens (including phenoxy) is 2. The quantitative estimate of drug-likeness (QED) is 0.513. The van der Waals surface area contributed by atoms with Gasteiger partial charge in [0.25, 0.3) is 0 Å². The summed E-state index contributed by atoms with van der Waals surface area (Å²) in [5.41, 5.74) is 3.52. The molecule has 1 heterocycles. The van der Waals surface area contributed by atoms with Crippen molar-refractivity contribution in [2.24, 2.45) is 0 Å². The largest absolute Gasteiger partial charge is 0.491 e. The van der Waals surface area contributed by atoms with Crippen LogP contribution < -0.4 is 9.47 Å². The van der Waals surface area contributed by atoms with E-state index >= 15 is 0 Å². The lowest BCUT2D eigenvalue weighted by atomic mass is 10.1. The lowest BCUT2D eigenvalue weighted by Gasteiger charge is -2.12. The van der Waals surface area contributed by atoms with Gasteiger partial charge in [0.15, 0.2) is 11.6 Å². The molecule has 1 N–H and O–H groups in total. The van der Waals surface area contributed by atoms with Crippen molar-refractivity contribution >= 4 is 11.3 Å². The summed E-state index contributed by atoms with van der Waals surface area (Å²) in [7, 11) is 0. The van der Waals surface area contributed by atoms with Crippen LogP contribution in [0.15, 0.2) is 30.3 Å². The summed E-state index contributed by atoms with van der Waals surface area (Å²) in [6.07, 6.45) is 0.571. The Morgan fingerprint density at radius 2 is 1.79 bits per heavy atom. The normalized spacial score (nSPS) is 11.1. The Morgan fingerprint density at radius 3 is 2.48 bits per heavy atom. The molecule has 0 aliphatic rings. The minimum atomic E-state index is -0.452. The van der Waals surface area contributed by atoms with Crippen LogP contribution in [0, 0.1) is 19.7 Å². The van der Waals surface area contributed by atoms with Crippen molar-refractivity contribution in [3.8, 4) is 32.6 Å². The third kappa shape index (κ3) is 5.10. The van der Waals surface area contributed by atoms with Crippen LogP contribution in [0.1, 0.15) is 31.4 Å². The Balaban J connectivity index is 1.84. The molecule has 29 heavy (non-hydrogen) atoms. The van der Waals surface area contributed by atoms with E-state index in [4.69, 9.17) is 14.6 Å². The molecule has 7 heteroatoms. The van der Waals surface area contributed by atoms with Crippen molar-refractivity contribution in [3.05, 3.63) is 47.3 Å². The second kappa shape index (κ2) is 9.33. The molecule has 0 unspecified atom stereocenters. The summed E-state index contributed by atoms with van der Waals surface area (Å²) < 4.78 is 25.6. The molecule has 0 aliphatic carbocycles. The minimum Gasteiger partial charge on any atom is -0.491 e. The molecule has 3 aromatic rings. The maximum Gasteiger partial charge on any atom is 0.165 e. The van der Waals surface area contributed by atoms with Gasteiger partial charge in [-0.05, 0) is 69.2 Å². The number of aromatic nitrogens is 2. The summed E-state index contributed by atoms with van der Waals surface area (Å²) in [6.45, 7) is 8.15. The lowest BCUT2D eigenvalue weighted by molar-refractivity contribution is 0.228. The molecular weight excluding hydrogens is 391 g/mol. The summed E-state index contributed by atoms with van der Waals surface area (Å²) >= 11 is 1.41. The molecule has 0 aliphatic heterocycles. The number of halogens is 1. The van der Waals surface area contributed by atoms with Gasteiger partial charge in [0.1, 0.15) is 15.8 Å².